The zero-order valence-corrected chi connectivity index (χ0v) is 19.7. The minimum Gasteiger partial charge on any atom is -0.382 e. The molecule has 3 N–H and O–H groups in total. The summed E-state index contributed by atoms with van der Waals surface area (Å²) >= 11 is 6.23. The van der Waals surface area contributed by atoms with E-state index in [1.807, 2.05) is 56.3 Å². The van der Waals surface area contributed by atoms with Crippen molar-refractivity contribution in [1.29, 1.82) is 5.26 Å². The molecule has 4 aromatic rings. The van der Waals surface area contributed by atoms with Crippen molar-refractivity contribution in [3.63, 3.8) is 0 Å². The first-order valence-corrected chi connectivity index (χ1v) is 11.2. The van der Waals surface area contributed by atoms with Crippen LogP contribution < -0.4 is 11.1 Å². The maximum atomic E-state index is 12.5. The number of aromatic nitrogens is 4. The quantitative estimate of drug-likeness (QED) is 0.391. The van der Waals surface area contributed by atoms with Gasteiger partial charge in [-0.2, -0.15) is 15.5 Å². The smallest absolute Gasteiger partial charge is 0.251 e. The van der Waals surface area contributed by atoms with Crippen LogP contribution >= 0.6 is 11.6 Å². The predicted molar refractivity (Wildman–Crippen MR) is 131 cm³/mol. The summed E-state index contributed by atoms with van der Waals surface area (Å²) in [7, 11) is 0. The van der Waals surface area contributed by atoms with E-state index < -0.39 is 0 Å². The summed E-state index contributed by atoms with van der Waals surface area (Å²) in [5.74, 6) is 0.143. The van der Waals surface area contributed by atoms with Gasteiger partial charge < -0.3 is 11.1 Å². The van der Waals surface area contributed by atoms with Gasteiger partial charge in [0, 0.05) is 12.1 Å². The molecule has 0 fully saturated rings. The van der Waals surface area contributed by atoms with E-state index in [9.17, 15) is 10.1 Å². The van der Waals surface area contributed by atoms with Gasteiger partial charge in [0.25, 0.3) is 5.91 Å². The summed E-state index contributed by atoms with van der Waals surface area (Å²) in [6, 6.07) is 18.8. The normalized spacial score (nSPS) is 10.8. The third-order valence-electron chi connectivity index (χ3n) is 5.56. The van der Waals surface area contributed by atoms with Gasteiger partial charge in [-0.1, -0.05) is 29.8 Å². The Kier molecular flexibility index (Phi) is 6.66. The molecule has 1 amide bonds. The molecule has 0 aliphatic carbocycles. The van der Waals surface area contributed by atoms with Crippen LogP contribution in [0.5, 0.6) is 0 Å². The third-order valence-corrected chi connectivity index (χ3v) is 6.11. The molecule has 9 heteroatoms. The number of hydrogen-bond acceptors (Lipinski definition) is 5. The lowest BCUT2D eigenvalue weighted by Crippen LogP contribution is -2.24. The van der Waals surface area contributed by atoms with Crippen molar-refractivity contribution in [3.05, 3.63) is 87.8 Å². The standard InChI is InChI=1S/C25H24ClN7O/c1-16-23(26)17(2)32(30-16)20-12-10-18(11-13-20)25(34)29-14-6-9-22-21(15-27)24(28)33(31-22)19-7-4-3-5-8-19/h3-5,7-8,10-13H,6,9,14,28H2,1-2H3,(H,29,34). The Hall–Kier alpha value is -4.09. The number of nitrogens with zero attached hydrogens (tertiary/aromatic N) is 5. The Bertz CT molecular complexity index is 1370. The minimum atomic E-state index is -0.173. The molecule has 0 saturated carbocycles. The first-order valence-electron chi connectivity index (χ1n) is 10.8. The number of nitrogens with two attached hydrogens (primary N) is 1. The van der Waals surface area contributed by atoms with Crippen molar-refractivity contribution in [3.8, 4) is 17.4 Å². The van der Waals surface area contributed by atoms with Crippen LogP contribution in [0.15, 0.2) is 54.6 Å². The van der Waals surface area contributed by atoms with Gasteiger partial charge in [0.2, 0.25) is 0 Å². The van der Waals surface area contributed by atoms with Crippen LogP contribution in [-0.2, 0) is 6.42 Å². The van der Waals surface area contributed by atoms with Gasteiger partial charge >= 0.3 is 0 Å². The summed E-state index contributed by atoms with van der Waals surface area (Å²) in [4.78, 5) is 12.5. The molecule has 0 spiro atoms. The Morgan fingerprint density at radius 1 is 1.06 bits per heavy atom. The Labute approximate surface area is 202 Å². The number of aryl methyl sites for hydroxylation is 2. The van der Waals surface area contributed by atoms with Crippen molar-refractivity contribution in [2.24, 2.45) is 0 Å². The summed E-state index contributed by atoms with van der Waals surface area (Å²) in [6.45, 7) is 4.20. The molecular weight excluding hydrogens is 450 g/mol. The molecule has 0 aliphatic heterocycles. The molecule has 172 valence electrons. The van der Waals surface area contributed by atoms with E-state index >= 15 is 0 Å². The van der Waals surface area contributed by atoms with Crippen molar-refractivity contribution in [2.45, 2.75) is 26.7 Å². The molecule has 0 bridgehead atoms. The average molecular weight is 474 g/mol. The highest BCUT2D eigenvalue weighted by molar-refractivity contribution is 6.31. The highest BCUT2D eigenvalue weighted by Crippen LogP contribution is 2.23. The number of halogens is 1. The Balaban J connectivity index is 1.36. The number of benzene rings is 2. The number of amides is 1. The van der Waals surface area contributed by atoms with E-state index in [2.05, 4.69) is 21.6 Å². The SMILES string of the molecule is Cc1nn(-c2ccc(C(=O)NCCCc3nn(-c4ccccc4)c(N)c3C#N)cc2)c(C)c1Cl. The van der Waals surface area contributed by atoms with Crippen LogP contribution in [0, 0.1) is 25.2 Å². The van der Waals surface area contributed by atoms with Gasteiger partial charge in [0.15, 0.2) is 0 Å². The monoisotopic (exact) mass is 473 g/mol. The molecule has 0 aliphatic rings. The number of carbonyl (C=O) groups excluding carboxylic acids is 1. The molecular formula is C25H24ClN7O. The van der Waals surface area contributed by atoms with Gasteiger partial charge in [0.1, 0.15) is 17.5 Å². The maximum absolute atomic E-state index is 12.5. The van der Waals surface area contributed by atoms with Gasteiger partial charge in [-0.3, -0.25) is 4.79 Å². The first-order chi connectivity index (χ1) is 16.4. The maximum Gasteiger partial charge on any atom is 0.251 e. The predicted octanol–water partition coefficient (Wildman–Crippen LogP) is 4.14. The molecule has 2 heterocycles. The fourth-order valence-corrected chi connectivity index (χ4v) is 3.85. The summed E-state index contributed by atoms with van der Waals surface area (Å²) in [5, 5.41) is 22.0. The van der Waals surface area contributed by atoms with E-state index in [1.165, 1.54) is 0 Å². The largest absolute Gasteiger partial charge is 0.382 e. The van der Waals surface area contributed by atoms with Crippen LogP contribution in [-0.4, -0.2) is 32.0 Å². The van der Waals surface area contributed by atoms with Crippen LogP contribution in [0.3, 0.4) is 0 Å². The first kappa shape index (κ1) is 23.1. The van der Waals surface area contributed by atoms with Crippen molar-refractivity contribution < 1.29 is 4.79 Å². The molecule has 0 saturated heterocycles. The van der Waals surface area contributed by atoms with Crippen LogP contribution in [0.1, 0.15) is 39.4 Å². The van der Waals surface area contributed by atoms with E-state index in [1.54, 1.807) is 21.5 Å². The van der Waals surface area contributed by atoms with Crippen molar-refractivity contribution >= 4 is 23.3 Å². The number of para-hydroxylation sites is 1. The number of nitrogens with one attached hydrogen (secondary N) is 1. The lowest BCUT2D eigenvalue weighted by atomic mass is 10.1. The zero-order valence-electron chi connectivity index (χ0n) is 18.9. The second-order valence-corrected chi connectivity index (χ2v) is 8.25. The molecule has 8 nitrogen and oxygen atoms in total. The molecule has 34 heavy (non-hydrogen) atoms. The van der Waals surface area contributed by atoms with Gasteiger partial charge in [-0.15, -0.1) is 0 Å². The summed E-state index contributed by atoms with van der Waals surface area (Å²) in [6.07, 6.45) is 1.14. The van der Waals surface area contributed by atoms with Gasteiger partial charge in [-0.05, 0) is 63.1 Å². The van der Waals surface area contributed by atoms with E-state index in [0.717, 1.165) is 22.8 Å². The topological polar surface area (TPSA) is 115 Å². The lowest BCUT2D eigenvalue weighted by Gasteiger charge is -2.07. The molecule has 0 unspecified atom stereocenters. The Morgan fingerprint density at radius 2 is 1.74 bits per heavy atom. The van der Waals surface area contributed by atoms with E-state index in [0.29, 0.717) is 47.0 Å². The van der Waals surface area contributed by atoms with Gasteiger partial charge in [0.05, 0.1) is 33.5 Å². The number of hydrogen-bond donors (Lipinski definition) is 2. The lowest BCUT2D eigenvalue weighted by molar-refractivity contribution is 0.0953. The molecule has 2 aromatic carbocycles. The van der Waals surface area contributed by atoms with Crippen molar-refractivity contribution in [2.75, 3.05) is 12.3 Å². The highest BCUT2D eigenvalue weighted by Gasteiger charge is 2.16. The fourth-order valence-electron chi connectivity index (χ4n) is 3.73. The number of anilines is 1. The number of rotatable bonds is 7. The number of nitriles is 1. The van der Waals surface area contributed by atoms with Crippen LogP contribution in [0.4, 0.5) is 5.82 Å². The minimum absolute atomic E-state index is 0.173. The van der Waals surface area contributed by atoms with Gasteiger partial charge in [-0.25, -0.2) is 9.36 Å². The number of carbonyl (C=O) groups is 1. The van der Waals surface area contributed by atoms with E-state index in [4.69, 9.17) is 17.3 Å². The number of nitrogen functional groups attached to an aromatic ring is 1. The second-order valence-electron chi connectivity index (χ2n) is 7.87. The molecule has 0 radical (unpaired) electrons. The van der Waals surface area contributed by atoms with Crippen LogP contribution in [0.25, 0.3) is 11.4 Å². The summed E-state index contributed by atoms with van der Waals surface area (Å²) in [5.41, 5.74) is 10.9. The van der Waals surface area contributed by atoms with Crippen LogP contribution in [0.2, 0.25) is 5.02 Å². The summed E-state index contributed by atoms with van der Waals surface area (Å²) < 4.78 is 3.33. The third kappa shape index (κ3) is 4.51. The highest BCUT2D eigenvalue weighted by atomic mass is 35.5. The molecule has 0 atom stereocenters. The van der Waals surface area contributed by atoms with Crippen molar-refractivity contribution in [1.82, 2.24) is 24.9 Å². The Morgan fingerprint density at radius 3 is 2.35 bits per heavy atom. The second kappa shape index (κ2) is 9.81. The fraction of sp³-hybridized carbons (Fsp3) is 0.200. The molecule has 4 rings (SSSR count). The average Bonchev–Trinajstić information content (AvgIpc) is 3.32. The zero-order chi connectivity index (χ0) is 24.2. The van der Waals surface area contributed by atoms with E-state index in [-0.39, 0.29) is 5.91 Å². The molecule has 2 aromatic heterocycles.